The molecular weight excluding hydrogens is 276 g/mol. The molecule has 0 heterocycles. The Morgan fingerprint density at radius 1 is 1.00 bits per heavy atom. The van der Waals surface area contributed by atoms with Crippen LogP contribution in [0.25, 0.3) is 0 Å². The average molecular weight is 313 g/mol. The molecule has 3 heteroatoms. The zero-order valence-electron chi connectivity index (χ0n) is 15.1. The van der Waals surface area contributed by atoms with E-state index in [-0.39, 0.29) is 11.0 Å². The number of unbranched alkanes of at least 4 members (excludes halogenated alkanes) is 5. The molecule has 0 N–H and O–H groups in total. The van der Waals surface area contributed by atoms with Crippen LogP contribution in [0, 0.1) is 0 Å². The summed E-state index contributed by atoms with van der Waals surface area (Å²) in [5, 5.41) is 0.0983. The minimum absolute atomic E-state index is 0.0158. The monoisotopic (exact) mass is 312 g/mol. The summed E-state index contributed by atoms with van der Waals surface area (Å²) in [6, 6.07) is 0. The van der Waals surface area contributed by atoms with E-state index in [2.05, 4.69) is 52.9 Å². The van der Waals surface area contributed by atoms with Crippen molar-refractivity contribution in [3.05, 3.63) is 12.2 Å². The Hall–Kier alpha value is -0.573. The van der Waals surface area contributed by atoms with Crippen molar-refractivity contribution in [2.24, 2.45) is 0 Å². The Morgan fingerprint density at radius 3 is 2.10 bits per heavy atom. The maximum Gasteiger partial charge on any atom is 0.292 e. The smallest absolute Gasteiger partial charge is 0.292 e. The largest absolute Gasteiger partial charge is 0.519 e. The third-order valence-electron chi connectivity index (χ3n) is 4.32. The van der Waals surface area contributed by atoms with Gasteiger partial charge in [0.05, 0.1) is 0 Å². The van der Waals surface area contributed by atoms with E-state index in [0.717, 1.165) is 12.8 Å². The van der Waals surface area contributed by atoms with Crippen molar-refractivity contribution >= 4 is 14.3 Å². The van der Waals surface area contributed by atoms with Gasteiger partial charge in [-0.2, -0.15) is 0 Å². The number of carbonyl (C=O) groups excluding carboxylic acids is 1. The van der Waals surface area contributed by atoms with Crippen LogP contribution in [-0.2, 0) is 9.22 Å². The van der Waals surface area contributed by atoms with Crippen molar-refractivity contribution in [1.82, 2.24) is 0 Å². The van der Waals surface area contributed by atoms with Crippen LogP contribution < -0.4 is 0 Å². The Morgan fingerprint density at radius 2 is 1.57 bits per heavy atom. The molecule has 0 bridgehead atoms. The van der Waals surface area contributed by atoms with Crippen LogP contribution in [0.1, 0.15) is 79.1 Å². The topological polar surface area (TPSA) is 26.3 Å². The molecule has 0 amide bonds. The summed E-state index contributed by atoms with van der Waals surface area (Å²) in [5.41, 5.74) is 0. The van der Waals surface area contributed by atoms with E-state index in [4.69, 9.17) is 4.43 Å². The van der Waals surface area contributed by atoms with Crippen molar-refractivity contribution in [2.45, 2.75) is 97.2 Å². The van der Waals surface area contributed by atoms with Crippen molar-refractivity contribution in [3.8, 4) is 0 Å². The predicted octanol–water partition coefficient (Wildman–Crippen LogP) is 6.23. The van der Waals surface area contributed by atoms with Gasteiger partial charge in [-0.25, -0.2) is 0 Å². The first-order chi connectivity index (χ1) is 9.70. The molecule has 0 aliphatic carbocycles. The molecule has 124 valence electrons. The summed E-state index contributed by atoms with van der Waals surface area (Å²) in [6.45, 7) is 13.0. The van der Waals surface area contributed by atoms with E-state index in [1.807, 2.05) is 0 Å². The van der Waals surface area contributed by atoms with Crippen molar-refractivity contribution < 1.29 is 9.22 Å². The SMILES string of the molecule is CCCCCC/C=C\CCCC(=O)O[Si](C)(C)C(C)(C)C. The second-order valence-electron chi connectivity index (χ2n) is 7.45. The lowest BCUT2D eigenvalue weighted by Gasteiger charge is -2.35. The fourth-order valence-corrected chi connectivity index (χ4v) is 2.76. The molecule has 0 spiro atoms. The Kier molecular flexibility index (Phi) is 9.92. The van der Waals surface area contributed by atoms with E-state index in [0.29, 0.717) is 6.42 Å². The van der Waals surface area contributed by atoms with Gasteiger partial charge >= 0.3 is 0 Å². The minimum atomic E-state index is -1.93. The summed E-state index contributed by atoms with van der Waals surface area (Å²) in [5.74, 6) is -0.0158. The van der Waals surface area contributed by atoms with Crippen LogP contribution in [0.5, 0.6) is 0 Å². The zero-order chi connectivity index (χ0) is 16.4. The van der Waals surface area contributed by atoms with Crippen LogP contribution in [0.4, 0.5) is 0 Å². The normalized spacial score (nSPS) is 12.9. The number of rotatable bonds is 10. The third kappa shape index (κ3) is 9.89. The van der Waals surface area contributed by atoms with Crippen LogP contribution in [0.3, 0.4) is 0 Å². The molecule has 0 atom stereocenters. The summed E-state index contributed by atoms with van der Waals surface area (Å²) in [6.07, 6.45) is 13.3. The van der Waals surface area contributed by atoms with Gasteiger partial charge in [0.15, 0.2) is 0 Å². The molecule has 0 aromatic rings. The number of hydrogen-bond acceptors (Lipinski definition) is 2. The second kappa shape index (κ2) is 10.2. The first kappa shape index (κ1) is 20.4. The van der Waals surface area contributed by atoms with Crippen LogP contribution in [-0.4, -0.2) is 14.3 Å². The fourth-order valence-electron chi connectivity index (χ4n) is 1.78. The van der Waals surface area contributed by atoms with Crippen molar-refractivity contribution in [1.29, 1.82) is 0 Å². The zero-order valence-corrected chi connectivity index (χ0v) is 16.1. The minimum Gasteiger partial charge on any atom is -0.519 e. The van der Waals surface area contributed by atoms with E-state index in [9.17, 15) is 4.79 Å². The Balaban J connectivity index is 3.74. The van der Waals surface area contributed by atoms with Gasteiger partial charge in [0.25, 0.3) is 14.3 Å². The molecule has 21 heavy (non-hydrogen) atoms. The Bertz CT molecular complexity index is 314. The van der Waals surface area contributed by atoms with E-state index >= 15 is 0 Å². The maximum atomic E-state index is 11.9. The summed E-state index contributed by atoms with van der Waals surface area (Å²) in [7, 11) is -1.93. The molecule has 0 aromatic carbocycles. The Labute approximate surface area is 133 Å². The average Bonchev–Trinajstić information content (AvgIpc) is 2.35. The molecule has 0 radical (unpaired) electrons. The molecule has 0 saturated carbocycles. The molecule has 0 saturated heterocycles. The molecule has 0 unspecified atom stereocenters. The first-order valence-electron chi connectivity index (χ1n) is 8.57. The quantitative estimate of drug-likeness (QED) is 0.271. The lowest BCUT2D eigenvalue weighted by molar-refractivity contribution is -0.135. The van der Waals surface area contributed by atoms with Crippen LogP contribution in [0.15, 0.2) is 12.2 Å². The number of carbonyl (C=O) groups is 1. The van der Waals surface area contributed by atoms with Gasteiger partial charge in [-0.3, -0.25) is 4.79 Å². The van der Waals surface area contributed by atoms with Gasteiger partial charge in [-0.15, -0.1) is 0 Å². The molecule has 0 aromatic heterocycles. The third-order valence-corrected chi connectivity index (χ3v) is 8.67. The molecule has 0 aliphatic heterocycles. The molecule has 0 rings (SSSR count). The van der Waals surface area contributed by atoms with Gasteiger partial charge in [-0.05, 0) is 43.8 Å². The number of hydrogen-bond donors (Lipinski definition) is 0. The molecule has 0 fully saturated rings. The van der Waals surface area contributed by atoms with Crippen molar-refractivity contribution in [2.75, 3.05) is 0 Å². The fraction of sp³-hybridized carbons (Fsp3) is 0.833. The van der Waals surface area contributed by atoms with Gasteiger partial charge < -0.3 is 4.43 Å². The van der Waals surface area contributed by atoms with Crippen LogP contribution >= 0.6 is 0 Å². The van der Waals surface area contributed by atoms with Gasteiger partial charge in [0.1, 0.15) is 0 Å². The summed E-state index contributed by atoms with van der Waals surface area (Å²) >= 11 is 0. The van der Waals surface area contributed by atoms with Crippen molar-refractivity contribution in [3.63, 3.8) is 0 Å². The summed E-state index contributed by atoms with van der Waals surface area (Å²) in [4.78, 5) is 11.9. The second-order valence-corrected chi connectivity index (χ2v) is 12.2. The van der Waals surface area contributed by atoms with Crippen LogP contribution in [0.2, 0.25) is 18.1 Å². The maximum absolute atomic E-state index is 11.9. The standard InChI is InChI=1S/C18H36O2Si/c1-7-8-9-10-11-12-13-14-15-16-17(19)20-21(5,6)18(2,3)4/h12-13H,7-11,14-16H2,1-6H3/b13-12-. The highest BCUT2D eigenvalue weighted by atomic mass is 28.4. The summed E-state index contributed by atoms with van der Waals surface area (Å²) < 4.78 is 5.75. The van der Waals surface area contributed by atoms with Gasteiger partial charge in [-0.1, -0.05) is 59.1 Å². The van der Waals surface area contributed by atoms with E-state index < -0.39 is 8.32 Å². The predicted molar refractivity (Wildman–Crippen MR) is 95.0 cm³/mol. The highest BCUT2D eigenvalue weighted by Crippen LogP contribution is 2.36. The van der Waals surface area contributed by atoms with E-state index in [1.54, 1.807) is 0 Å². The van der Waals surface area contributed by atoms with E-state index in [1.165, 1.54) is 32.1 Å². The number of allylic oxidation sites excluding steroid dienone is 2. The highest BCUT2D eigenvalue weighted by molar-refractivity contribution is 6.75. The first-order valence-corrected chi connectivity index (χ1v) is 11.5. The highest BCUT2D eigenvalue weighted by Gasteiger charge is 2.40. The molecule has 0 aliphatic rings. The lowest BCUT2D eigenvalue weighted by Crippen LogP contribution is -2.42. The lowest BCUT2D eigenvalue weighted by atomic mass is 10.1. The molecule has 2 nitrogen and oxygen atoms in total. The van der Waals surface area contributed by atoms with Gasteiger partial charge in [0, 0.05) is 6.42 Å². The molecular formula is C18H36O2Si. The van der Waals surface area contributed by atoms with Gasteiger partial charge in [0.2, 0.25) is 0 Å².